The smallest absolute Gasteiger partial charge is 0.0494 e. The van der Waals surface area contributed by atoms with Crippen molar-refractivity contribution in [3.63, 3.8) is 0 Å². The molecule has 0 aliphatic heterocycles. The van der Waals surface area contributed by atoms with E-state index in [1.165, 1.54) is 16.1 Å². The molecule has 16 heavy (non-hydrogen) atoms. The van der Waals surface area contributed by atoms with Crippen molar-refractivity contribution in [3.8, 4) is 0 Å². The Morgan fingerprint density at radius 2 is 2.19 bits per heavy atom. The normalized spacial score (nSPS) is 10.4. The van der Waals surface area contributed by atoms with Gasteiger partial charge >= 0.3 is 0 Å². The molecule has 0 fully saturated rings. The molecule has 2 aromatic rings. The van der Waals surface area contributed by atoms with Crippen LogP contribution in [0.25, 0.3) is 0 Å². The first-order valence-corrected chi connectivity index (χ1v) is 7.01. The van der Waals surface area contributed by atoms with Crippen LogP contribution >= 0.6 is 27.3 Å². The molecule has 1 aromatic carbocycles. The van der Waals surface area contributed by atoms with Gasteiger partial charge in [0.05, 0.1) is 0 Å². The number of anilines is 1. The summed E-state index contributed by atoms with van der Waals surface area (Å²) in [6.07, 6.45) is 1.08. The van der Waals surface area contributed by atoms with Crippen LogP contribution in [-0.4, -0.2) is 0 Å². The van der Waals surface area contributed by atoms with E-state index in [0.29, 0.717) is 0 Å². The predicted molar refractivity (Wildman–Crippen MR) is 75.2 cm³/mol. The van der Waals surface area contributed by atoms with Crippen LogP contribution in [-0.2, 0) is 13.0 Å². The van der Waals surface area contributed by atoms with Crippen molar-refractivity contribution >= 4 is 33.0 Å². The summed E-state index contributed by atoms with van der Waals surface area (Å²) in [5, 5.41) is 5.55. The molecule has 0 aliphatic carbocycles. The highest BCUT2D eigenvalue weighted by molar-refractivity contribution is 9.10. The maximum absolute atomic E-state index is 3.46. The Hall–Kier alpha value is -0.800. The zero-order chi connectivity index (χ0) is 11.4. The first kappa shape index (κ1) is 11.7. The quantitative estimate of drug-likeness (QED) is 0.863. The van der Waals surface area contributed by atoms with Gasteiger partial charge in [0.2, 0.25) is 0 Å². The van der Waals surface area contributed by atoms with Crippen LogP contribution in [0.5, 0.6) is 0 Å². The van der Waals surface area contributed by atoms with E-state index < -0.39 is 0 Å². The monoisotopic (exact) mass is 295 g/mol. The SMILES string of the molecule is CCc1cccc(NCc2cc(Br)cs2)c1. The summed E-state index contributed by atoms with van der Waals surface area (Å²) in [5.41, 5.74) is 2.57. The highest BCUT2D eigenvalue weighted by Crippen LogP contribution is 2.21. The van der Waals surface area contributed by atoms with E-state index in [1.807, 2.05) is 0 Å². The topological polar surface area (TPSA) is 12.0 Å². The molecule has 1 aromatic heterocycles. The van der Waals surface area contributed by atoms with Crippen molar-refractivity contribution < 1.29 is 0 Å². The largest absolute Gasteiger partial charge is 0.380 e. The van der Waals surface area contributed by atoms with Gasteiger partial charge in [-0.1, -0.05) is 19.1 Å². The van der Waals surface area contributed by atoms with Crippen LogP contribution in [0.2, 0.25) is 0 Å². The molecule has 0 amide bonds. The molecule has 0 saturated carbocycles. The van der Waals surface area contributed by atoms with Gasteiger partial charge in [0.25, 0.3) is 0 Å². The fraction of sp³-hybridized carbons (Fsp3) is 0.231. The molecule has 1 heterocycles. The number of nitrogens with one attached hydrogen (secondary N) is 1. The lowest BCUT2D eigenvalue weighted by atomic mass is 10.1. The molecule has 0 unspecified atom stereocenters. The van der Waals surface area contributed by atoms with Gasteiger partial charge in [-0.15, -0.1) is 11.3 Å². The van der Waals surface area contributed by atoms with Gasteiger partial charge in [-0.25, -0.2) is 0 Å². The molecule has 0 bridgehead atoms. The first-order chi connectivity index (χ1) is 7.78. The van der Waals surface area contributed by atoms with Crippen molar-refractivity contribution in [2.45, 2.75) is 19.9 Å². The second-order valence-electron chi connectivity index (χ2n) is 3.64. The van der Waals surface area contributed by atoms with E-state index >= 15 is 0 Å². The Kier molecular flexibility index (Phi) is 4.02. The number of benzene rings is 1. The van der Waals surface area contributed by atoms with Gasteiger partial charge in [0, 0.05) is 27.0 Å². The van der Waals surface area contributed by atoms with Crippen LogP contribution in [0.1, 0.15) is 17.4 Å². The molecule has 0 saturated heterocycles. The minimum atomic E-state index is 0.892. The summed E-state index contributed by atoms with van der Waals surface area (Å²) in [7, 11) is 0. The Morgan fingerprint density at radius 1 is 1.31 bits per heavy atom. The average molecular weight is 296 g/mol. The zero-order valence-corrected chi connectivity index (χ0v) is 11.6. The summed E-state index contributed by atoms with van der Waals surface area (Å²) >= 11 is 5.23. The van der Waals surface area contributed by atoms with Crippen LogP contribution in [0.15, 0.2) is 40.2 Å². The van der Waals surface area contributed by atoms with E-state index in [1.54, 1.807) is 11.3 Å². The lowest BCUT2D eigenvalue weighted by molar-refractivity contribution is 1.13. The van der Waals surface area contributed by atoms with Crippen LogP contribution in [0.4, 0.5) is 5.69 Å². The third kappa shape index (κ3) is 3.09. The van der Waals surface area contributed by atoms with E-state index in [2.05, 4.69) is 63.9 Å². The van der Waals surface area contributed by atoms with Crippen molar-refractivity contribution in [2.24, 2.45) is 0 Å². The van der Waals surface area contributed by atoms with Gasteiger partial charge in [-0.05, 0) is 46.1 Å². The Labute approximate surface area is 109 Å². The standard InChI is InChI=1S/C13H14BrNS/c1-2-10-4-3-5-12(6-10)15-8-13-7-11(14)9-16-13/h3-7,9,15H,2,8H2,1H3. The Bertz CT molecular complexity index is 464. The van der Waals surface area contributed by atoms with E-state index in [-0.39, 0.29) is 0 Å². The van der Waals surface area contributed by atoms with Crippen molar-refractivity contribution in [1.29, 1.82) is 0 Å². The Balaban J connectivity index is 1.99. The molecule has 1 nitrogen and oxygen atoms in total. The number of halogens is 1. The van der Waals surface area contributed by atoms with E-state index in [9.17, 15) is 0 Å². The summed E-state index contributed by atoms with van der Waals surface area (Å²) in [6.45, 7) is 3.07. The van der Waals surface area contributed by atoms with Crippen LogP contribution in [0, 0.1) is 0 Å². The number of rotatable bonds is 4. The fourth-order valence-electron chi connectivity index (χ4n) is 1.54. The minimum Gasteiger partial charge on any atom is -0.380 e. The number of thiophene rings is 1. The highest BCUT2D eigenvalue weighted by Gasteiger charge is 1.98. The van der Waals surface area contributed by atoms with E-state index in [0.717, 1.165) is 17.4 Å². The van der Waals surface area contributed by atoms with E-state index in [4.69, 9.17) is 0 Å². The lowest BCUT2D eigenvalue weighted by Gasteiger charge is -2.06. The maximum atomic E-state index is 3.46. The third-order valence-corrected chi connectivity index (χ3v) is 4.12. The number of hydrogen-bond acceptors (Lipinski definition) is 2. The van der Waals surface area contributed by atoms with Gasteiger partial charge in [-0.3, -0.25) is 0 Å². The fourth-order valence-corrected chi connectivity index (χ4v) is 2.93. The molecule has 0 spiro atoms. The third-order valence-electron chi connectivity index (χ3n) is 2.42. The van der Waals surface area contributed by atoms with Gasteiger partial charge in [-0.2, -0.15) is 0 Å². The molecule has 2 rings (SSSR count). The summed E-state index contributed by atoms with van der Waals surface area (Å²) < 4.78 is 1.16. The molecule has 0 atom stereocenters. The Morgan fingerprint density at radius 3 is 2.88 bits per heavy atom. The van der Waals surface area contributed by atoms with Gasteiger partial charge in [0.1, 0.15) is 0 Å². The molecule has 1 N–H and O–H groups in total. The average Bonchev–Trinajstić information content (AvgIpc) is 2.73. The van der Waals surface area contributed by atoms with Gasteiger partial charge in [0.15, 0.2) is 0 Å². The summed E-state index contributed by atoms with van der Waals surface area (Å²) in [5.74, 6) is 0. The molecule has 84 valence electrons. The number of hydrogen-bond donors (Lipinski definition) is 1. The van der Waals surface area contributed by atoms with Crippen molar-refractivity contribution in [1.82, 2.24) is 0 Å². The maximum Gasteiger partial charge on any atom is 0.0494 e. The van der Waals surface area contributed by atoms with Crippen molar-refractivity contribution in [2.75, 3.05) is 5.32 Å². The lowest BCUT2D eigenvalue weighted by Crippen LogP contribution is -1.97. The first-order valence-electron chi connectivity index (χ1n) is 5.33. The highest BCUT2D eigenvalue weighted by atomic mass is 79.9. The summed E-state index contributed by atoms with van der Waals surface area (Å²) in [6, 6.07) is 10.7. The van der Waals surface area contributed by atoms with Crippen molar-refractivity contribution in [3.05, 3.63) is 50.6 Å². The second-order valence-corrected chi connectivity index (χ2v) is 5.55. The van der Waals surface area contributed by atoms with Gasteiger partial charge < -0.3 is 5.32 Å². The number of aryl methyl sites for hydroxylation is 1. The zero-order valence-electron chi connectivity index (χ0n) is 9.16. The predicted octanol–water partition coefficient (Wildman–Crippen LogP) is 4.69. The second kappa shape index (κ2) is 5.51. The molecule has 0 radical (unpaired) electrons. The molecule has 3 heteroatoms. The molecular weight excluding hydrogens is 282 g/mol. The molecule has 0 aliphatic rings. The minimum absolute atomic E-state index is 0.892. The molecular formula is C13H14BrNS. The van der Waals surface area contributed by atoms with Crippen LogP contribution in [0.3, 0.4) is 0 Å². The van der Waals surface area contributed by atoms with Crippen LogP contribution < -0.4 is 5.32 Å². The summed E-state index contributed by atoms with van der Waals surface area (Å²) in [4.78, 5) is 1.34.